The number of ether oxygens (including phenoxy) is 1. The summed E-state index contributed by atoms with van der Waals surface area (Å²) in [6.07, 6.45) is -1.63. The third kappa shape index (κ3) is 3.01. The molecular weight excluding hydrogens is 302 g/mol. The first-order valence-electron chi connectivity index (χ1n) is 6.53. The maximum absolute atomic E-state index is 9.91. The Morgan fingerprint density at radius 2 is 2.19 bits per heavy atom. The predicted molar refractivity (Wildman–Crippen MR) is 74.3 cm³/mol. The molecule has 1 fully saturated rings. The molecule has 0 saturated carbocycles. The van der Waals surface area contributed by atoms with Gasteiger partial charge in [-0.2, -0.15) is 0 Å². The van der Waals surface area contributed by atoms with Crippen LogP contribution in [0.25, 0.3) is 0 Å². The molecule has 0 radical (unpaired) electrons. The van der Waals surface area contributed by atoms with Gasteiger partial charge in [0.05, 0.1) is 6.61 Å². The molecule has 1 aromatic heterocycles. The van der Waals surface area contributed by atoms with E-state index in [4.69, 9.17) is 9.84 Å². The molecule has 4 unspecified atom stereocenters. The zero-order valence-electron chi connectivity index (χ0n) is 11.2. The van der Waals surface area contributed by atoms with Crippen molar-refractivity contribution in [1.29, 1.82) is 0 Å². The zero-order valence-corrected chi connectivity index (χ0v) is 12.0. The molecule has 0 aromatic carbocycles. The van der Waals surface area contributed by atoms with Crippen molar-refractivity contribution in [1.82, 2.24) is 20.1 Å². The van der Waals surface area contributed by atoms with Gasteiger partial charge in [0.25, 0.3) is 0 Å². The second-order valence-corrected chi connectivity index (χ2v) is 4.79. The summed E-state index contributed by atoms with van der Waals surface area (Å²) in [5.74, 6) is 1.03. The Hall–Kier alpha value is -1.26. The molecule has 21 heavy (non-hydrogen) atoms. The van der Waals surface area contributed by atoms with Crippen LogP contribution < -0.4 is 5.32 Å². The summed E-state index contributed by atoms with van der Waals surface area (Å²) < 4.78 is 6.70. The fraction of sp³-hybridized carbons (Fsp3) is 0.727. The van der Waals surface area contributed by atoms with Crippen LogP contribution in [0.15, 0.2) is 11.3 Å². The molecule has 0 bridgehead atoms. The summed E-state index contributed by atoms with van der Waals surface area (Å²) in [6.45, 7) is 1.18. The van der Waals surface area contributed by atoms with E-state index >= 15 is 0 Å². The largest absolute Gasteiger partial charge is 0.394 e. The second-order valence-electron chi connectivity index (χ2n) is 4.79. The highest BCUT2D eigenvalue weighted by Gasteiger charge is 2.44. The Morgan fingerprint density at radius 1 is 1.38 bits per heavy atom. The number of aliphatic hydroxyl groups excluding tert-OH is 3. The summed E-state index contributed by atoms with van der Waals surface area (Å²) in [7, 11) is 0. The predicted octanol–water partition coefficient (Wildman–Crippen LogP) is -1.95. The monoisotopic (exact) mass is 319 g/mol. The van der Waals surface area contributed by atoms with Crippen LogP contribution >= 0.6 is 12.4 Å². The van der Waals surface area contributed by atoms with Crippen molar-refractivity contribution < 1.29 is 20.1 Å². The van der Waals surface area contributed by atoms with Crippen LogP contribution in [0, 0.1) is 0 Å². The lowest BCUT2D eigenvalue weighted by atomic mass is 10.1. The quantitative estimate of drug-likeness (QED) is 0.510. The van der Waals surface area contributed by atoms with Gasteiger partial charge in [0.15, 0.2) is 12.1 Å². The van der Waals surface area contributed by atoms with E-state index in [1.807, 2.05) is 0 Å². The minimum absolute atomic E-state index is 0. The highest BCUT2D eigenvalue weighted by molar-refractivity contribution is 5.95. The topological polar surface area (TPSA) is 125 Å². The number of aliphatic imine (C=N–C) groups is 1. The molecule has 0 spiro atoms. The molecule has 10 heteroatoms. The zero-order chi connectivity index (χ0) is 14.1. The van der Waals surface area contributed by atoms with Crippen molar-refractivity contribution in [3.05, 3.63) is 12.2 Å². The van der Waals surface area contributed by atoms with Crippen LogP contribution in [0.4, 0.5) is 0 Å². The molecule has 0 aliphatic carbocycles. The third-order valence-electron chi connectivity index (χ3n) is 3.40. The van der Waals surface area contributed by atoms with Crippen molar-refractivity contribution >= 4 is 18.2 Å². The van der Waals surface area contributed by atoms with Gasteiger partial charge in [-0.15, -0.1) is 17.5 Å². The van der Waals surface area contributed by atoms with Crippen LogP contribution in [0.2, 0.25) is 0 Å². The molecule has 1 aromatic rings. The molecule has 4 atom stereocenters. The maximum atomic E-state index is 9.91. The van der Waals surface area contributed by atoms with Gasteiger partial charge in [0.2, 0.25) is 5.82 Å². The van der Waals surface area contributed by atoms with Gasteiger partial charge in [-0.1, -0.05) is 0 Å². The Kier molecular flexibility index (Phi) is 5.12. The van der Waals surface area contributed by atoms with E-state index in [0.29, 0.717) is 11.7 Å². The fourth-order valence-corrected chi connectivity index (χ4v) is 2.29. The molecule has 3 rings (SSSR count). The Bertz CT molecular complexity index is 511. The van der Waals surface area contributed by atoms with E-state index in [9.17, 15) is 10.2 Å². The van der Waals surface area contributed by atoms with Gasteiger partial charge in [0, 0.05) is 13.1 Å². The van der Waals surface area contributed by atoms with Crippen molar-refractivity contribution in [2.45, 2.75) is 31.0 Å². The first-order chi connectivity index (χ1) is 9.70. The molecule has 4 N–H and O–H groups in total. The first kappa shape index (κ1) is 16.1. The minimum atomic E-state index is -1.16. The highest BCUT2D eigenvalue weighted by Crippen LogP contribution is 2.28. The summed E-state index contributed by atoms with van der Waals surface area (Å²) >= 11 is 0. The van der Waals surface area contributed by atoms with Crippen LogP contribution in [0.5, 0.6) is 0 Å². The Labute approximate surface area is 127 Å². The standard InChI is InChI=1S/C11H17N5O4.ClH/c17-4-6-7(18)8(19)11(20-6)16-5-14-10(15-16)9-12-2-1-3-13-9;/h5-8,11,17-19H,1-4H2,(H,12,13);1H. The normalized spacial score (nSPS) is 32.2. The molecule has 3 heterocycles. The lowest BCUT2D eigenvalue weighted by molar-refractivity contribution is -0.0588. The number of aliphatic hydroxyl groups is 3. The van der Waals surface area contributed by atoms with E-state index in [1.165, 1.54) is 11.0 Å². The van der Waals surface area contributed by atoms with Crippen molar-refractivity contribution in [3.8, 4) is 0 Å². The average Bonchev–Trinajstić information content (AvgIpc) is 3.07. The van der Waals surface area contributed by atoms with E-state index < -0.39 is 24.5 Å². The molecule has 0 amide bonds. The lowest BCUT2D eigenvalue weighted by Crippen LogP contribution is -2.33. The van der Waals surface area contributed by atoms with Gasteiger partial charge < -0.3 is 25.4 Å². The Morgan fingerprint density at radius 3 is 2.81 bits per heavy atom. The second kappa shape index (κ2) is 6.67. The SMILES string of the molecule is Cl.OCC1OC(n2cnc(C3=NCCCN3)n2)C(O)C1O. The van der Waals surface area contributed by atoms with Crippen molar-refractivity contribution in [3.63, 3.8) is 0 Å². The molecule has 1 saturated heterocycles. The maximum Gasteiger partial charge on any atom is 0.216 e. The summed E-state index contributed by atoms with van der Waals surface area (Å²) in [5.41, 5.74) is 0. The number of hydrogen-bond acceptors (Lipinski definition) is 8. The van der Waals surface area contributed by atoms with E-state index in [-0.39, 0.29) is 19.0 Å². The number of nitrogens with one attached hydrogen (secondary N) is 1. The molecule has 9 nitrogen and oxygen atoms in total. The summed E-state index contributed by atoms with van der Waals surface area (Å²) in [6, 6.07) is 0. The van der Waals surface area contributed by atoms with Gasteiger partial charge in [-0.05, 0) is 6.42 Å². The molecule has 118 valence electrons. The first-order valence-corrected chi connectivity index (χ1v) is 6.53. The van der Waals surface area contributed by atoms with E-state index in [0.717, 1.165) is 19.5 Å². The van der Waals surface area contributed by atoms with Crippen molar-refractivity contribution in [2.75, 3.05) is 19.7 Å². The number of nitrogens with zero attached hydrogens (tertiary/aromatic N) is 4. The molecule has 2 aliphatic heterocycles. The fourth-order valence-electron chi connectivity index (χ4n) is 2.29. The Balaban J connectivity index is 0.00000161. The number of amidine groups is 1. The molecule has 2 aliphatic rings. The van der Waals surface area contributed by atoms with E-state index in [2.05, 4.69) is 20.4 Å². The van der Waals surface area contributed by atoms with Crippen LogP contribution in [0.3, 0.4) is 0 Å². The van der Waals surface area contributed by atoms with Crippen molar-refractivity contribution in [2.24, 2.45) is 4.99 Å². The summed E-state index contributed by atoms with van der Waals surface area (Å²) in [4.78, 5) is 8.40. The average molecular weight is 320 g/mol. The number of rotatable bonds is 3. The van der Waals surface area contributed by atoms with Gasteiger partial charge in [-0.3, -0.25) is 4.99 Å². The van der Waals surface area contributed by atoms with Gasteiger partial charge >= 0.3 is 0 Å². The third-order valence-corrected chi connectivity index (χ3v) is 3.40. The van der Waals surface area contributed by atoms with Crippen LogP contribution in [0.1, 0.15) is 18.5 Å². The number of halogens is 1. The number of hydrogen-bond donors (Lipinski definition) is 4. The van der Waals surface area contributed by atoms with Crippen LogP contribution in [-0.2, 0) is 4.74 Å². The van der Waals surface area contributed by atoms with Gasteiger partial charge in [0.1, 0.15) is 24.6 Å². The van der Waals surface area contributed by atoms with Gasteiger partial charge in [-0.25, -0.2) is 9.67 Å². The molecular formula is C11H18ClN5O4. The minimum Gasteiger partial charge on any atom is -0.394 e. The smallest absolute Gasteiger partial charge is 0.216 e. The lowest BCUT2D eigenvalue weighted by Gasteiger charge is -2.14. The van der Waals surface area contributed by atoms with E-state index in [1.54, 1.807) is 0 Å². The number of aromatic nitrogens is 3. The van der Waals surface area contributed by atoms with Crippen LogP contribution in [-0.4, -0.2) is 73.9 Å². The highest BCUT2D eigenvalue weighted by atomic mass is 35.5. The summed E-state index contributed by atoms with van der Waals surface area (Å²) in [5, 5.41) is 36.0.